The molecule has 1 fully saturated rings. The Hall–Kier alpha value is -3.17. The van der Waals surface area contributed by atoms with Crippen LogP contribution in [0.4, 0.5) is 5.69 Å². The van der Waals surface area contributed by atoms with Gasteiger partial charge in [0.1, 0.15) is 12.6 Å². The van der Waals surface area contributed by atoms with Crippen LogP contribution in [0.5, 0.6) is 0 Å². The number of hydrogen-bond acceptors (Lipinski definition) is 4. The molecule has 1 atom stereocenters. The largest absolute Gasteiger partial charge is 0.352 e. The second-order valence-corrected chi connectivity index (χ2v) is 14.1. The highest BCUT2D eigenvalue weighted by Crippen LogP contribution is 2.24. The third-order valence-electron chi connectivity index (χ3n) is 7.66. The lowest BCUT2D eigenvalue weighted by Crippen LogP contribution is -2.55. The summed E-state index contributed by atoms with van der Waals surface area (Å²) in [4.78, 5) is 29.8. The number of hydrogen-bond donors (Lipinski definition) is 1. The number of halogens is 1. The molecule has 0 aliphatic heterocycles. The van der Waals surface area contributed by atoms with Crippen LogP contribution in [-0.4, -0.2) is 50.0 Å². The van der Waals surface area contributed by atoms with E-state index in [2.05, 4.69) is 21.2 Å². The molecule has 3 aromatic rings. The summed E-state index contributed by atoms with van der Waals surface area (Å²) in [6.07, 6.45) is 6.54. The van der Waals surface area contributed by atoms with Crippen molar-refractivity contribution in [3.8, 4) is 0 Å². The number of amides is 2. The summed E-state index contributed by atoms with van der Waals surface area (Å²) in [6, 6.07) is 21.9. The standard InChI is InChI=1S/C33H40BrN3O4S/c1-24-18-25(2)20-30(19-24)37(42(3,40)41)23-32(38)36(22-27-14-16-28(34)17-15-27)31(21-26-10-6-4-7-11-26)33(39)35-29-12-8-5-9-13-29/h4,6-7,10-11,14-20,29,31H,5,8-9,12-13,21-23H2,1-3H3,(H,35,39)/t31-/m0/s1. The van der Waals surface area contributed by atoms with Gasteiger partial charge in [-0.05, 0) is 73.2 Å². The van der Waals surface area contributed by atoms with Gasteiger partial charge in [-0.25, -0.2) is 8.42 Å². The van der Waals surface area contributed by atoms with Crippen LogP contribution >= 0.6 is 15.9 Å². The van der Waals surface area contributed by atoms with E-state index >= 15 is 0 Å². The summed E-state index contributed by atoms with van der Waals surface area (Å²) < 4.78 is 28.1. The molecule has 0 radical (unpaired) electrons. The first kappa shape index (κ1) is 31.8. The Morgan fingerprint density at radius 2 is 1.52 bits per heavy atom. The van der Waals surface area contributed by atoms with E-state index in [0.717, 1.165) is 69.4 Å². The van der Waals surface area contributed by atoms with Crippen LogP contribution < -0.4 is 9.62 Å². The van der Waals surface area contributed by atoms with Gasteiger partial charge in [0.25, 0.3) is 0 Å². The lowest BCUT2D eigenvalue weighted by atomic mass is 9.94. The summed E-state index contributed by atoms with van der Waals surface area (Å²) in [6.45, 7) is 3.53. The summed E-state index contributed by atoms with van der Waals surface area (Å²) in [5, 5.41) is 3.23. The normalized spacial score (nSPS) is 14.7. The Bertz CT molecular complexity index is 1450. The van der Waals surface area contributed by atoms with E-state index < -0.39 is 28.5 Å². The topological polar surface area (TPSA) is 86.8 Å². The number of nitrogens with one attached hydrogen (secondary N) is 1. The molecule has 0 unspecified atom stereocenters. The highest BCUT2D eigenvalue weighted by Gasteiger charge is 2.34. The molecule has 0 aromatic heterocycles. The van der Waals surface area contributed by atoms with E-state index in [4.69, 9.17) is 0 Å². The Morgan fingerprint density at radius 3 is 2.12 bits per heavy atom. The fourth-order valence-electron chi connectivity index (χ4n) is 5.59. The number of anilines is 1. The molecular weight excluding hydrogens is 614 g/mol. The fourth-order valence-corrected chi connectivity index (χ4v) is 6.69. The molecule has 1 N–H and O–H groups in total. The second kappa shape index (κ2) is 14.3. The minimum atomic E-state index is -3.81. The van der Waals surface area contributed by atoms with Crippen molar-refractivity contribution in [1.82, 2.24) is 10.2 Å². The SMILES string of the molecule is Cc1cc(C)cc(N(CC(=O)N(Cc2ccc(Br)cc2)[C@@H](Cc2ccccc2)C(=O)NC2CCCCC2)S(C)(=O)=O)c1. The minimum absolute atomic E-state index is 0.0666. The van der Waals surface area contributed by atoms with Crippen molar-refractivity contribution in [2.75, 3.05) is 17.1 Å². The van der Waals surface area contributed by atoms with Crippen LogP contribution in [0.2, 0.25) is 0 Å². The maximum Gasteiger partial charge on any atom is 0.244 e. The van der Waals surface area contributed by atoms with Gasteiger partial charge in [-0.3, -0.25) is 13.9 Å². The van der Waals surface area contributed by atoms with Gasteiger partial charge >= 0.3 is 0 Å². The number of sulfonamides is 1. The molecule has 4 rings (SSSR count). The lowest BCUT2D eigenvalue weighted by molar-refractivity contribution is -0.140. The average Bonchev–Trinajstić information content (AvgIpc) is 2.94. The van der Waals surface area contributed by atoms with E-state index in [1.165, 1.54) is 0 Å². The van der Waals surface area contributed by atoms with E-state index in [1.807, 2.05) is 74.5 Å². The Labute approximate surface area is 258 Å². The molecular formula is C33H40BrN3O4S. The van der Waals surface area contributed by atoms with Gasteiger partial charge in [-0.2, -0.15) is 0 Å². The number of benzene rings is 3. The van der Waals surface area contributed by atoms with Gasteiger partial charge < -0.3 is 10.2 Å². The fraction of sp³-hybridized carbons (Fsp3) is 0.394. The number of nitrogens with zero attached hydrogens (tertiary/aromatic N) is 2. The Kier molecular flexibility index (Phi) is 10.8. The smallest absolute Gasteiger partial charge is 0.244 e. The van der Waals surface area contributed by atoms with Gasteiger partial charge in [0, 0.05) is 23.5 Å². The average molecular weight is 655 g/mol. The van der Waals surface area contributed by atoms with E-state index in [9.17, 15) is 18.0 Å². The number of carbonyl (C=O) groups excluding carboxylic acids is 2. The highest BCUT2D eigenvalue weighted by molar-refractivity contribution is 9.10. The van der Waals surface area contributed by atoms with Crippen molar-refractivity contribution in [2.45, 2.75) is 71.0 Å². The summed E-state index contributed by atoms with van der Waals surface area (Å²) in [7, 11) is -3.81. The summed E-state index contributed by atoms with van der Waals surface area (Å²) >= 11 is 3.47. The molecule has 1 aliphatic carbocycles. The molecule has 2 amide bonds. The third kappa shape index (κ3) is 8.91. The summed E-state index contributed by atoms with van der Waals surface area (Å²) in [5.74, 6) is -0.657. The van der Waals surface area contributed by atoms with E-state index in [-0.39, 0.29) is 18.5 Å². The van der Waals surface area contributed by atoms with Crippen LogP contribution in [-0.2, 0) is 32.6 Å². The van der Waals surface area contributed by atoms with Gasteiger partial charge in [-0.15, -0.1) is 0 Å². The molecule has 0 saturated heterocycles. The van der Waals surface area contributed by atoms with Crippen LogP contribution in [0, 0.1) is 13.8 Å². The van der Waals surface area contributed by atoms with E-state index in [1.54, 1.807) is 17.0 Å². The highest BCUT2D eigenvalue weighted by atomic mass is 79.9. The quantitative estimate of drug-likeness (QED) is 0.278. The van der Waals surface area contributed by atoms with Gasteiger partial charge in [0.15, 0.2) is 0 Å². The van der Waals surface area contributed by atoms with Crippen LogP contribution in [0.15, 0.2) is 77.3 Å². The van der Waals surface area contributed by atoms with E-state index in [0.29, 0.717) is 12.1 Å². The minimum Gasteiger partial charge on any atom is -0.352 e. The van der Waals surface area contributed by atoms with Crippen molar-refractivity contribution in [1.29, 1.82) is 0 Å². The maximum atomic E-state index is 14.3. The predicted molar refractivity (Wildman–Crippen MR) is 172 cm³/mol. The van der Waals surface area contributed by atoms with Crippen molar-refractivity contribution in [3.05, 3.63) is 99.5 Å². The summed E-state index contributed by atoms with van der Waals surface area (Å²) in [5.41, 5.74) is 3.98. The molecule has 0 bridgehead atoms. The number of rotatable bonds is 11. The van der Waals surface area contributed by atoms with Crippen molar-refractivity contribution in [3.63, 3.8) is 0 Å². The second-order valence-electron chi connectivity index (χ2n) is 11.3. The molecule has 42 heavy (non-hydrogen) atoms. The zero-order chi connectivity index (χ0) is 30.3. The first-order valence-electron chi connectivity index (χ1n) is 14.4. The van der Waals surface area contributed by atoms with Gasteiger partial charge in [0.2, 0.25) is 21.8 Å². The molecule has 9 heteroatoms. The molecule has 7 nitrogen and oxygen atoms in total. The molecule has 3 aromatic carbocycles. The number of aryl methyl sites for hydroxylation is 2. The zero-order valence-corrected chi connectivity index (χ0v) is 27.0. The van der Waals surface area contributed by atoms with Crippen LogP contribution in [0.3, 0.4) is 0 Å². The Morgan fingerprint density at radius 1 is 0.905 bits per heavy atom. The molecule has 0 spiro atoms. The number of carbonyl (C=O) groups is 2. The van der Waals surface area contributed by atoms with Crippen molar-refractivity contribution < 1.29 is 18.0 Å². The zero-order valence-electron chi connectivity index (χ0n) is 24.6. The first-order chi connectivity index (χ1) is 20.0. The van der Waals surface area contributed by atoms with Crippen molar-refractivity contribution >= 4 is 43.5 Å². The van der Waals surface area contributed by atoms with Crippen molar-refractivity contribution in [2.24, 2.45) is 0 Å². The lowest BCUT2D eigenvalue weighted by Gasteiger charge is -2.35. The molecule has 224 valence electrons. The maximum absolute atomic E-state index is 14.3. The monoisotopic (exact) mass is 653 g/mol. The van der Waals surface area contributed by atoms with Crippen LogP contribution in [0.25, 0.3) is 0 Å². The molecule has 1 aliphatic rings. The third-order valence-corrected chi connectivity index (χ3v) is 9.33. The first-order valence-corrected chi connectivity index (χ1v) is 17.1. The van der Waals surface area contributed by atoms with Crippen LogP contribution in [0.1, 0.15) is 54.4 Å². The molecule has 1 saturated carbocycles. The van der Waals surface area contributed by atoms with Gasteiger partial charge in [-0.1, -0.05) is 83.7 Å². The predicted octanol–water partition coefficient (Wildman–Crippen LogP) is 5.92. The Balaban J connectivity index is 1.73. The van der Waals surface area contributed by atoms with Gasteiger partial charge in [0.05, 0.1) is 11.9 Å². The molecule has 0 heterocycles.